The molecule has 9 heteroatoms. The highest BCUT2D eigenvalue weighted by atomic mass is 32.2. The molecular weight excluding hydrogens is 299 g/mol. The highest BCUT2D eigenvalue weighted by Crippen LogP contribution is 2.18. The number of hydrogen-bond donors (Lipinski definition) is 1. The minimum absolute atomic E-state index is 0.144. The molecule has 0 aliphatic rings. The van der Waals surface area contributed by atoms with Crippen LogP contribution in [-0.4, -0.2) is 43.6 Å². The second-order valence-corrected chi connectivity index (χ2v) is 6.41. The average Bonchev–Trinajstić information content (AvgIpc) is 2.88. The van der Waals surface area contributed by atoms with Crippen LogP contribution in [0.1, 0.15) is 5.89 Å². The third kappa shape index (κ3) is 4.06. The van der Waals surface area contributed by atoms with E-state index in [2.05, 4.69) is 14.9 Å². The van der Waals surface area contributed by atoms with Gasteiger partial charge >= 0.3 is 0 Å². The summed E-state index contributed by atoms with van der Waals surface area (Å²) >= 11 is 0. The van der Waals surface area contributed by atoms with Crippen LogP contribution >= 0.6 is 0 Å². The SMILES string of the molecule is CN(C)S(=O)(=O)NCCc1nnc(-c2ccc(F)cc2)o1. The van der Waals surface area contributed by atoms with Crippen molar-refractivity contribution in [3.63, 3.8) is 0 Å². The molecule has 0 unspecified atom stereocenters. The maximum atomic E-state index is 12.8. The van der Waals surface area contributed by atoms with Gasteiger partial charge in [-0.15, -0.1) is 10.2 Å². The Hall–Kier alpha value is -1.84. The molecule has 1 heterocycles. The maximum absolute atomic E-state index is 12.8. The van der Waals surface area contributed by atoms with Crippen LogP contribution in [0.3, 0.4) is 0 Å². The Balaban J connectivity index is 1.96. The molecule has 2 rings (SSSR count). The highest BCUT2D eigenvalue weighted by molar-refractivity contribution is 7.87. The predicted octanol–water partition coefficient (Wildman–Crippen LogP) is 0.814. The van der Waals surface area contributed by atoms with Crippen molar-refractivity contribution < 1.29 is 17.2 Å². The van der Waals surface area contributed by atoms with Gasteiger partial charge in [0, 0.05) is 32.6 Å². The third-order valence-corrected chi connectivity index (χ3v) is 4.19. The van der Waals surface area contributed by atoms with Gasteiger partial charge in [0.05, 0.1) is 0 Å². The molecule has 7 nitrogen and oxygen atoms in total. The fourth-order valence-electron chi connectivity index (χ4n) is 1.48. The molecule has 21 heavy (non-hydrogen) atoms. The summed E-state index contributed by atoms with van der Waals surface area (Å²) in [4.78, 5) is 0. The van der Waals surface area contributed by atoms with Gasteiger partial charge < -0.3 is 4.42 Å². The number of benzene rings is 1. The van der Waals surface area contributed by atoms with Gasteiger partial charge in [0.15, 0.2) is 0 Å². The molecule has 0 aliphatic carbocycles. The standard InChI is InChI=1S/C12H15FN4O3S/c1-17(2)21(18,19)14-8-7-11-15-16-12(20-11)9-3-5-10(13)6-4-9/h3-6,14H,7-8H2,1-2H3. The zero-order valence-corrected chi connectivity index (χ0v) is 12.4. The van der Waals surface area contributed by atoms with Crippen molar-refractivity contribution in [2.24, 2.45) is 0 Å². The Morgan fingerprint density at radius 1 is 1.24 bits per heavy atom. The smallest absolute Gasteiger partial charge is 0.278 e. The zero-order valence-electron chi connectivity index (χ0n) is 11.6. The van der Waals surface area contributed by atoms with Crippen LogP contribution in [0.25, 0.3) is 11.5 Å². The molecular formula is C12H15FN4O3S. The summed E-state index contributed by atoms with van der Waals surface area (Å²) in [6.45, 7) is 0.144. The van der Waals surface area contributed by atoms with Gasteiger partial charge in [-0.25, -0.2) is 9.11 Å². The van der Waals surface area contributed by atoms with Crippen LogP contribution in [0.5, 0.6) is 0 Å². The summed E-state index contributed by atoms with van der Waals surface area (Å²) in [5.74, 6) is 0.216. The monoisotopic (exact) mass is 314 g/mol. The van der Waals surface area contributed by atoms with E-state index in [1.807, 2.05) is 0 Å². The van der Waals surface area contributed by atoms with Crippen molar-refractivity contribution in [2.45, 2.75) is 6.42 Å². The molecule has 1 aromatic heterocycles. The Morgan fingerprint density at radius 2 is 1.90 bits per heavy atom. The third-order valence-electron chi connectivity index (χ3n) is 2.66. The van der Waals surface area contributed by atoms with E-state index in [4.69, 9.17) is 4.42 Å². The Kier molecular flexibility index (Phi) is 4.66. The lowest BCUT2D eigenvalue weighted by Gasteiger charge is -2.11. The summed E-state index contributed by atoms with van der Waals surface area (Å²) < 4.78 is 44.6. The normalized spacial score (nSPS) is 12.0. The van der Waals surface area contributed by atoms with E-state index in [-0.39, 0.29) is 24.7 Å². The highest BCUT2D eigenvalue weighted by Gasteiger charge is 2.13. The van der Waals surface area contributed by atoms with Crippen LogP contribution in [0.15, 0.2) is 28.7 Å². The van der Waals surface area contributed by atoms with E-state index < -0.39 is 10.2 Å². The van der Waals surface area contributed by atoms with Crippen molar-refractivity contribution in [1.82, 2.24) is 19.2 Å². The topological polar surface area (TPSA) is 88.3 Å². The van der Waals surface area contributed by atoms with E-state index in [9.17, 15) is 12.8 Å². The number of hydrogen-bond acceptors (Lipinski definition) is 5. The minimum atomic E-state index is -3.47. The first kappa shape index (κ1) is 15.5. The second kappa shape index (κ2) is 6.29. The van der Waals surface area contributed by atoms with Crippen molar-refractivity contribution >= 4 is 10.2 Å². The van der Waals surface area contributed by atoms with Gasteiger partial charge in [0.1, 0.15) is 5.82 Å². The van der Waals surface area contributed by atoms with Crippen LogP contribution in [0, 0.1) is 5.82 Å². The first-order valence-electron chi connectivity index (χ1n) is 6.14. The molecule has 0 radical (unpaired) electrons. The largest absolute Gasteiger partial charge is 0.421 e. The Labute approximate surface area is 122 Å². The van der Waals surface area contributed by atoms with E-state index in [0.29, 0.717) is 11.5 Å². The van der Waals surface area contributed by atoms with Crippen molar-refractivity contribution in [2.75, 3.05) is 20.6 Å². The number of nitrogens with zero attached hydrogens (tertiary/aromatic N) is 3. The quantitative estimate of drug-likeness (QED) is 0.852. The van der Waals surface area contributed by atoms with Crippen molar-refractivity contribution in [1.29, 1.82) is 0 Å². The maximum Gasteiger partial charge on any atom is 0.278 e. The lowest BCUT2D eigenvalue weighted by atomic mass is 10.2. The average molecular weight is 314 g/mol. The first-order valence-corrected chi connectivity index (χ1v) is 7.58. The molecule has 114 valence electrons. The van der Waals surface area contributed by atoms with Gasteiger partial charge in [-0.2, -0.15) is 12.7 Å². The minimum Gasteiger partial charge on any atom is -0.421 e. The van der Waals surface area contributed by atoms with Gasteiger partial charge in [0.2, 0.25) is 11.8 Å². The van der Waals surface area contributed by atoms with Gasteiger partial charge in [0.25, 0.3) is 10.2 Å². The number of rotatable bonds is 6. The summed E-state index contributed by atoms with van der Waals surface area (Å²) in [5.41, 5.74) is 0.601. The van der Waals surface area contributed by atoms with E-state index in [0.717, 1.165) is 4.31 Å². The fraction of sp³-hybridized carbons (Fsp3) is 0.333. The van der Waals surface area contributed by atoms with Crippen molar-refractivity contribution in [3.8, 4) is 11.5 Å². The number of aromatic nitrogens is 2. The van der Waals surface area contributed by atoms with Crippen LogP contribution < -0.4 is 4.72 Å². The predicted molar refractivity (Wildman–Crippen MR) is 74.0 cm³/mol. The van der Waals surface area contributed by atoms with E-state index >= 15 is 0 Å². The lowest BCUT2D eigenvalue weighted by Crippen LogP contribution is -2.36. The van der Waals surface area contributed by atoms with E-state index in [1.54, 1.807) is 0 Å². The van der Waals surface area contributed by atoms with E-state index in [1.165, 1.54) is 38.4 Å². The number of halogens is 1. The molecule has 1 aromatic carbocycles. The summed E-state index contributed by atoms with van der Waals surface area (Å²) in [6, 6.07) is 5.65. The van der Waals surface area contributed by atoms with Crippen molar-refractivity contribution in [3.05, 3.63) is 36.0 Å². The van der Waals surface area contributed by atoms with Crippen LogP contribution in [0.4, 0.5) is 4.39 Å². The van der Waals surface area contributed by atoms with Gasteiger partial charge in [-0.3, -0.25) is 0 Å². The Morgan fingerprint density at radius 3 is 2.52 bits per heavy atom. The first-order chi connectivity index (χ1) is 9.88. The molecule has 0 saturated carbocycles. The lowest BCUT2D eigenvalue weighted by molar-refractivity contribution is 0.488. The summed E-state index contributed by atoms with van der Waals surface area (Å²) in [6.07, 6.45) is 0.265. The Bertz CT molecular complexity index is 698. The fourth-order valence-corrected chi connectivity index (χ4v) is 2.10. The molecule has 0 bridgehead atoms. The molecule has 0 atom stereocenters. The molecule has 0 spiro atoms. The molecule has 2 aromatic rings. The molecule has 1 N–H and O–H groups in total. The molecule has 0 aliphatic heterocycles. The zero-order chi connectivity index (χ0) is 15.5. The second-order valence-electron chi connectivity index (χ2n) is 4.44. The van der Waals surface area contributed by atoms with Crippen LogP contribution in [0.2, 0.25) is 0 Å². The van der Waals surface area contributed by atoms with Gasteiger partial charge in [-0.1, -0.05) is 0 Å². The number of nitrogens with one attached hydrogen (secondary N) is 1. The molecule has 0 amide bonds. The summed E-state index contributed by atoms with van der Waals surface area (Å²) in [5, 5.41) is 7.66. The van der Waals surface area contributed by atoms with Crippen LogP contribution in [-0.2, 0) is 16.6 Å². The molecule has 0 saturated heterocycles. The molecule has 0 fully saturated rings. The summed E-state index contributed by atoms with van der Waals surface area (Å²) in [7, 11) is -0.602. The van der Waals surface area contributed by atoms with Gasteiger partial charge in [-0.05, 0) is 24.3 Å².